The number of ether oxygens (including phenoxy) is 1. The zero-order valence-corrected chi connectivity index (χ0v) is 9.97. The summed E-state index contributed by atoms with van der Waals surface area (Å²) in [6.07, 6.45) is 0. The molecule has 0 aliphatic carbocycles. The number of nitrogens with zero attached hydrogens (tertiary/aromatic N) is 1. The molecule has 0 bridgehead atoms. The molecule has 3 rings (SSSR count). The highest BCUT2D eigenvalue weighted by Crippen LogP contribution is 2.28. The first-order chi connectivity index (χ1) is 8.78. The molecule has 0 unspecified atom stereocenters. The predicted octanol–water partition coefficient (Wildman–Crippen LogP) is 2.82. The number of imidazole rings is 1. The number of nitrogen functional groups attached to an aromatic ring is 1. The lowest BCUT2D eigenvalue weighted by Crippen LogP contribution is -1.92. The van der Waals surface area contributed by atoms with Crippen LogP contribution in [0.2, 0.25) is 0 Å². The molecule has 0 aliphatic heterocycles. The normalized spacial score (nSPS) is 10.7. The summed E-state index contributed by atoms with van der Waals surface area (Å²) in [6, 6.07) is 13.6. The van der Waals surface area contributed by atoms with Gasteiger partial charge in [0.25, 0.3) is 0 Å². The molecule has 0 fully saturated rings. The van der Waals surface area contributed by atoms with Crippen molar-refractivity contribution >= 4 is 16.7 Å². The number of nitrogens with one attached hydrogen (secondary N) is 1. The topological polar surface area (TPSA) is 63.9 Å². The van der Waals surface area contributed by atoms with Gasteiger partial charge < -0.3 is 15.5 Å². The molecule has 0 radical (unpaired) electrons. The average molecular weight is 239 g/mol. The summed E-state index contributed by atoms with van der Waals surface area (Å²) in [5.74, 6) is 1.47. The number of anilines is 1. The van der Waals surface area contributed by atoms with Crippen molar-refractivity contribution in [2.45, 2.75) is 0 Å². The minimum atomic E-state index is 0.623. The van der Waals surface area contributed by atoms with Gasteiger partial charge in [-0.2, -0.15) is 0 Å². The monoisotopic (exact) mass is 239 g/mol. The highest BCUT2D eigenvalue weighted by atomic mass is 16.5. The number of aromatic nitrogens is 2. The number of aromatic amines is 1. The van der Waals surface area contributed by atoms with Crippen molar-refractivity contribution in [1.29, 1.82) is 0 Å². The fraction of sp³-hybridized carbons (Fsp3) is 0.0714. The van der Waals surface area contributed by atoms with Crippen LogP contribution in [0.4, 0.5) is 5.69 Å². The van der Waals surface area contributed by atoms with E-state index < -0.39 is 0 Å². The lowest BCUT2D eigenvalue weighted by molar-refractivity contribution is 0.417. The van der Waals surface area contributed by atoms with Crippen molar-refractivity contribution in [1.82, 2.24) is 9.97 Å². The van der Waals surface area contributed by atoms with E-state index in [2.05, 4.69) is 9.97 Å². The molecule has 18 heavy (non-hydrogen) atoms. The van der Waals surface area contributed by atoms with Crippen LogP contribution in [0.3, 0.4) is 0 Å². The van der Waals surface area contributed by atoms with E-state index in [0.717, 1.165) is 22.4 Å². The van der Waals surface area contributed by atoms with Crippen LogP contribution in [0.1, 0.15) is 0 Å². The van der Waals surface area contributed by atoms with Crippen LogP contribution < -0.4 is 10.5 Å². The van der Waals surface area contributed by atoms with Crippen molar-refractivity contribution in [3.63, 3.8) is 0 Å². The van der Waals surface area contributed by atoms with E-state index in [0.29, 0.717) is 11.4 Å². The summed E-state index contributed by atoms with van der Waals surface area (Å²) in [6.45, 7) is 0. The van der Waals surface area contributed by atoms with E-state index in [1.54, 1.807) is 7.11 Å². The van der Waals surface area contributed by atoms with Gasteiger partial charge in [0, 0.05) is 5.56 Å². The Kier molecular flexibility index (Phi) is 2.41. The third-order valence-electron chi connectivity index (χ3n) is 2.90. The zero-order chi connectivity index (χ0) is 12.5. The molecule has 2 aromatic carbocycles. The minimum Gasteiger partial charge on any atom is -0.495 e. The molecule has 0 aliphatic rings. The molecular weight excluding hydrogens is 226 g/mol. The van der Waals surface area contributed by atoms with Crippen molar-refractivity contribution in [2.75, 3.05) is 12.8 Å². The second-order valence-electron chi connectivity index (χ2n) is 4.06. The second kappa shape index (κ2) is 4.07. The lowest BCUT2D eigenvalue weighted by Gasteiger charge is -2.05. The summed E-state index contributed by atoms with van der Waals surface area (Å²) < 4.78 is 5.21. The van der Waals surface area contributed by atoms with Gasteiger partial charge in [-0.1, -0.05) is 12.1 Å². The Bertz CT molecular complexity index is 670. The van der Waals surface area contributed by atoms with Crippen LogP contribution >= 0.6 is 0 Å². The molecule has 4 heteroatoms. The summed E-state index contributed by atoms with van der Waals surface area (Å²) >= 11 is 0. The maximum Gasteiger partial charge on any atom is 0.142 e. The smallest absolute Gasteiger partial charge is 0.142 e. The number of methoxy groups -OCH3 is 1. The number of benzene rings is 2. The maximum atomic E-state index is 5.80. The second-order valence-corrected chi connectivity index (χ2v) is 4.06. The van der Waals surface area contributed by atoms with Crippen molar-refractivity contribution in [3.8, 4) is 17.1 Å². The summed E-state index contributed by atoms with van der Waals surface area (Å²) in [5, 5.41) is 0. The molecule has 0 spiro atoms. The highest BCUT2D eigenvalue weighted by Gasteiger charge is 2.07. The predicted molar refractivity (Wildman–Crippen MR) is 72.5 cm³/mol. The van der Waals surface area contributed by atoms with Crippen LogP contribution in [0.5, 0.6) is 5.75 Å². The number of H-pyrrole nitrogens is 1. The SMILES string of the molecule is COc1cc(-c2nc3ccccc3[nH]2)ccc1N. The lowest BCUT2D eigenvalue weighted by atomic mass is 10.2. The Morgan fingerprint density at radius 2 is 2.00 bits per heavy atom. The number of hydrogen-bond donors (Lipinski definition) is 2. The Hall–Kier alpha value is -2.49. The van der Waals surface area contributed by atoms with Gasteiger partial charge in [0.05, 0.1) is 23.8 Å². The van der Waals surface area contributed by atoms with Crippen LogP contribution in [0.25, 0.3) is 22.4 Å². The van der Waals surface area contributed by atoms with Crippen LogP contribution in [0, 0.1) is 0 Å². The molecule has 0 saturated carbocycles. The van der Waals surface area contributed by atoms with E-state index in [1.165, 1.54) is 0 Å². The molecule has 0 atom stereocenters. The highest BCUT2D eigenvalue weighted by molar-refractivity contribution is 5.80. The first-order valence-corrected chi connectivity index (χ1v) is 5.66. The van der Waals surface area contributed by atoms with Crippen LogP contribution in [0.15, 0.2) is 42.5 Å². The molecule has 0 amide bonds. The van der Waals surface area contributed by atoms with Gasteiger partial charge in [-0.3, -0.25) is 0 Å². The number of para-hydroxylation sites is 2. The van der Waals surface area contributed by atoms with Gasteiger partial charge in [0.1, 0.15) is 11.6 Å². The minimum absolute atomic E-state index is 0.623. The maximum absolute atomic E-state index is 5.80. The Morgan fingerprint density at radius 1 is 1.17 bits per heavy atom. The van der Waals surface area contributed by atoms with E-state index in [4.69, 9.17) is 10.5 Å². The number of nitrogens with two attached hydrogens (primary N) is 1. The van der Waals surface area contributed by atoms with Gasteiger partial charge in [-0.15, -0.1) is 0 Å². The number of hydrogen-bond acceptors (Lipinski definition) is 3. The number of fused-ring (bicyclic) bond motifs is 1. The fourth-order valence-electron chi connectivity index (χ4n) is 1.95. The summed E-state index contributed by atoms with van der Waals surface area (Å²) in [4.78, 5) is 7.81. The first-order valence-electron chi connectivity index (χ1n) is 5.66. The first kappa shape index (κ1) is 10.7. The average Bonchev–Trinajstić information content (AvgIpc) is 2.83. The molecule has 4 nitrogen and oxygen atoms in total. The van der Waals surface area contributed by atoms with E-state index in [1.807, 2.05) is 42.5 Å². The van der Waals surface area contributed by atoms with Crippen LogP contribution in [-0.2, 0) is 0 Å². The molecule has 0 saturated heterocycles. The van der Waals surface area contributed by atoms with Crippen molar-refractivity contribution in [2.24, 2.45) is 0 Å². The van der Waals surface area contributed by atoms with E-state index in [-0.39, 0.29) is 0 Å². The molecular formula is C14H13N3O. The molecule has 3 N–H and O–H groups in total. The zero-order valence-electron chi connectivity index (χ0n) is 9.97. The largest absolute Gasteiger partial charge is 0.495 e. The Labute approximate surface area is 104 Å². The van der Waals surface area contributed by atoms with Gasteiger partial charge in [0.2, 0.25) is 0 Å². The van der Waals surface area contributed by atoms with Gasteiger partial charge in [-0.05, 0) is 30.3 Å². The van der Waals surface area contributed by atoms with Crippen molar-refractivity contribution in [3.05, 3.63) is 42.5 Å². The Balaban J connectivity index is 2.13. The summed E-state index contributed by atoms with van der Waals surface area (Å²) in [7, 11) is 1.61. The number of rotatable bonds is 2. The van der Waals surface area contributed by atoms with E-state index in [9.17, 15) is 0 Å². The molecule has 1 heterocycles. The standard InChI is InChI=1S/C14H13N3O/c1-18-13-8-9(6-7-10(13)15)14-16-11-4-2-3-5-12(11)17-14/h2-8H,15H2,1H3,(H,16,17). The van der Waals surface area contributed by atoms with Crippen LogP contribution in [-0.4, -0.2) is 17.1 Å². The summed E-state index contributed by atoms with van der Waals surface area (Å²) in [5.41, 5.74) is 9.34. The third kappa shape index (κ3) is 1.68. The van der Waals surface area contributed by atoms with Gasteiger partial charge >= 0.3 is 0 Å². The van der Waals surface area contributed by atoms with Gasteiger partial charge in [0.15, 0.2) is 0 Å². The molecule has 1 aromatic heterocycles. The third-order valence-corrected chi connectivity index (χ3v) is 2.90. The van der Waals surface area contributed by atoms with Gasteiger partial charge in [-0.25, -0.2) is 4.98 Å². The fourth-order valence-corrected chi connectivity index (χ4v) is 1.95. The molecule has 3 aromatic rings. The van der Waals surface area contributed by atoms with E-state index >= 15 is 0 Å². The Morgan fingerprint density at radius 3 is 2.78 bits per heavy atom. The van der Waals surface area contributed by atoms with Crippen molar-refractivity contribution < 1.29 is 4.74 Å². The quantitative estimate of drug-likeness (QED) is 0.676. The molecule has 90 valence electrons.